The topological polar surface area (TPSA) is 46.8 Å². The molecule has 0 amide bonds. The number of para-hydroxylation sites is 1. The molecule has 0 fully saturated rings. The lowest BCUT2D eigenvalue weighted by molar-refractivity contribution is 0.458. The molecule has 5 heteroatoms. The van der Waals surface area contributed by atoms with Gasteiger partial charge in [-0.1, -0.05) is 12.1 Å². The number of H-pyrrole nitrogens is 1. The van der Waals surface area contributed by atoms with Gasteiger partial charge in [0.25, 0.3) is 0 Å². The first-order chi connectivity index (χ1) is 8.65. The van der Waals surface area contributed by atoms with E-state index >= 15 is 0 Å². The molecule has 92 valence electrons. The molecule has 1 N–H and O–H groups in total. The molecule has 0 radical (unpaired) electrons. The predicted molar refractivity (Wildman–Crippen MR) is 72.2 cm³/mol. The number of imidazole rings is 1. The molecule has 18 heavy (non-hydrogen) atoms. The molecule has 0 bridgehead atoms. The summed E-state index contributed by atoms with van der Waals surface area (Å²) < 4.78 is 8.22. The number of aromatic nitrogens is 3. The van der Waals surface area contributed by atoms with E-state index in [0.717, 1.165) is 16.8 Å². The van der Waals surface area contributed by atoms with E-state index in [9.17, 15) is 0 Å². The van der Waals surface area contributed by atoms with Crippen molar-refractivity contribution in [3.8, 4) is 0 Å². The predicted octanol–water partition coefficient (Wildman–Crippen LogP) is 3.35. The van der Waals surface area contributed by atoms with Gasteiger partial charge in [-0.15, -0.1) is 0 Å². The molecule has 0 saturated heterocycles. The number of benzene rings is 1. The summed E-state index contributed by atoms with van der Waals surface area (Å²) >= 11 is 5.36. The lowest BCUT2D eigenvalue weighted by Crippen LogP contribution is -2.00. The number of oxazole rings is 1. The van der Waals surface area contributed by atoms with Crippen molar-refractivity contribution in [3.63, 3.8) is 0 Å². The molecule has 0 aliphatic rings. The molecule has 0 saturated carbocycles. The average Bonchev–Trinajstić information content (AvgIpc) is 2.85. The molecular weight excluding hydrogens is 246 g/mol. The van der Waals surface area contributed by atoms with Gasteiger partial charge in [0.2, 0.25) is 5.89 Å². The zero-order chi connectivity index (χ0) is 12.7. The molecule has 0 atom stereocenters. The van der Waals surface area contributed by atoms with E-state index in [4.69, 9.17) is 16.6 Å². The minimum Gasteiger partial charge on any atom is -0.444 e. The molecule has 0 aliphatic heterocycles. The van der Waals surface area contributed by atoms with Crippen molar-refractivity contribution < 1.29 is 4.42 Å². The number of aryl methyl sites for hydroxylation is 2. The maximum absolute atomic E-state index is 5.51. The van der Waals surface area contributed by atoms with Crippen molar-refractivity contribution in [1.29, 1.82) is 0 Å². The summed E-state index contributed by atoms with van der Waals surface area (Å²) in [6, 6.07) is 6.11. The van der Waals surface area contributed by atoms with E-state index in [1.807, 2.05) is 23.6 Å². The maximum Gasteiger partial charge on any atom is 0.214 e. The van der Waals surface area contributed by atoms with E-state index in [0.29, 0.717) is 17.2 Å². The van der Waals surface area contributed by atoms with E-state index in [-0.39, 0.29) is 0 Å². The van der Waals surface area contributed by atoms with Crippen LogP contribution in [0.2, 0.25) is 0 Å². The van der Waals surface area contributed by atoms with E-state index in [1.54, 1.807) is 6.20 Å². The van der Waals surface area contributed by atoms with Crippen molar-refractivity contribution in [3.05, 3.63) is 46.4 Å². The molecule has 0 spiro atoms. The van der Waals surface area contributed by atoms with Crippen LogP contribution in [0.1, 0.15) is 17.2 Å². The molecule has 2 heterocycles. The van der Waals surface area contributed by atoms with Crippen molar-refractivity contribution >= 4 is 23.3 Å². The molecule has 0 unspecified atom stereocenters. The van der Waals surface area contributed by atoms with E-state index in [2.05, 4.69) is 23.0 Å². The van der Waals surface area contributed by atoms with Gasteiger partial charge in [0, 0.05) is 0 Å². The smallest absolute Gasteiger partial charge is 0.214 e. The van der Waals surface area contributed by atoms with Gasteiger partial charge in [-0.2, -0.15) is 0 Å². The SMILES string of the molecule is Cc1cnc(Cn2c(=S)[nH]c3cccc(C)c32)o1. The Kier molecular flexibility index (Phi) is 2.56. The first-order valence-corrected chi connectivity index (χ1v) is 6.15. The lowest BCUT2D eigenvalue weighted by Gasteiger charge is -2.03. The number of rotatable bonds is 2. The van der Waals surface area contributed by atoms with Crippen LogP contribution in [0.3, 0.4) is 0 Å². The summed E-state index contributed by atoms with van der Waals surface area (Å²) in [5, 5.41) is 0. The van der Waals surface area contributed by atoms with Crippen LogP contribution in [-0.2, 0) is 6.54 Å². The average molecular weight is 259 g/mol. The third kappa shape index (κ3) is 1.76. The highest BCUT2D eigenvalue weighted by molar-refractivity contribution is 7.71. The molecule has 3 aromatic rings. The minimum atomic E-state index is 0.553. The lowest BCUT2D eigenvalue weighted by atomic mass is 10.2. The van der Waals surface area contributed by atoms with Crippen molar-refractivity contribution in [2.45, 2.75) is 20.4 Å². The van der Waals surface area contributed by atoms with Crippen LogP contribution < -0.4 is 0 Å². The van der Waals surface area contributed by atoms with E-state index in [1.165, 1.54) is 5.56 Å². The van der Waals surface area contributed by atoms with Crippen LogP contribution in [0.25, 0.3) is 11.0 Å². The summed E-state index contributed by atoms with van der Waals surface area (Å²) in [5.41, 5.74) is 3.34. The normalized spacial score (nSPS) is 11.2. The fraction of sp³-hybridized carbons (Fsp3) is 0.231. The van der Waals surface area contributed by atoms with Gasteiger partial charge < -0.3 is 14.0 Å². The third-order valence-corrected chi connectivity index (χ3v) is 3.28. The summed E-state index contributed by atoms with van der Waals surface area (Å²) in [6.07, 6.45) is 1.72. The molecule has 2 aromatic heterocycles. The molecule has 0 aliphatic carbocycles. The van der Waals surface area contributed by atoms with Crippen molar-refractivity contribution in [2.24, 2.45) is 0 Å². The second-order valence-electron chi connectivity index (χ2n) is 4.35. The number of fused-ring (bicyclic) bond motifs is 1. The third-order valence-electron chi connectivity index (χ3n) is 2.96. The van der Waals surface area contributed by atoms with Crippen molar-refractivity contribution in [2.75, 3.05) is 0 Å². The van der Waals surface area contributed by atoms with Crippen LogP contribution in [0.15, 0.2) is 28.8 Å². The zero-order valence-electron chi connectivity index (χ0n) is 10.2. The van der Waals surface area contributed by atoms with Gasteiger partial charge >= 0.3 is 0 Å². The Labute approximate surface area is 109 Å². The fourth-order valence-corrected chi connectivity index (χ4v) is 2.43. The standard InChI is InChI=1S/C13H13N3OS/c1-8-4-3-5-10-12(8)16(13(18)15-10)7-11-14-6-9(2)17-11/h3-6H,7H2,1-2H3,(H,15,18). The van der Waals surface area contributed by atoms with Crippen LogP contribution >= 0.6 is 12.2 Å². The summed E-state index contributed by atoms with van der Waals surface area (Å²) in [7, 11) is 0. The Bertz CT molecular complexity index is 766. The Morgan fingerprint density at radius 2 is 2.22 bits per heavy atom. The molecular formula is C13H13N3OS. The second-order valence-corrected chi connectivity index (χ2v) is 4.74. The minimum absolute atomic E-state index is 0.553. The van der Waals surface area contributed by atoms with Crippen LogP contribution in [0.5, 0.6) is 0 Å². The Hall–Kier alpha value is -1.88. The van der Waals surface area contributed by atoms with Gasteiger partial charge in [-0.3, -0.25) is 0 Å². The molecule has 3 rings (SSSR count). The van der Waals surface area contributed by atoms with Crippen LogP contribution in [-0.4, -0.2) is 14.5 Å². The first-order valence-electron chi connectivity index (χ1n) is 5.74. The van der Waals surface area contributed by atoms with Crippen molar-refractivity contribution in [1.82, 2.24) is 14.5 Å². The molecule has 4 nitrogen and oxygen atoms in total. The number of nitrogens with zero attached hydrogens (tertiary/aromatic N) is 2. The largest absolute Gasteiger partial charge is 0.444 e. The van der Waals surface area contributed by atoms with Gasteiger partial charge in [0.1, 0.15) is 12.3 Å². The van der Waals surface area contributed by atoms with Gasteiger partial charge in [0.15, 0.2) is 4.77 Å². The Morgan fingerprint density at radius 3 is 2.94 bits per heavy atom. The maximum atomic E-state index is 5.51. The summed E-state index contributed by atoms with van der Waals surface area (Å²) in [6.45, 7) is 4.51. The zero-order valence-corrected chi connectivity index (χ0v) is 11.0. The highest BCUT2D eigenvalue weighted by Gasteiger charge is 2.09. The number of hydrogen-bond donors (Lipinski definition) is 1. The van der Waals surface area contributed by atoms with Crippen LogP contribution in [0.4, 0.5) is 0 Å². The van der Waals surface area contributed by atoms with Gasteiger partial charge in [0.05, 0.1) is 17.2 Å². The number of aromatic amines is 1. The quantitative estimate of drug-likeness (QED) is 0.718. The first kappa shape index (κ1) is 11.2. The number of hydrogen-bond acceptors (Lipinski definition) is 3. The highest BCUT2D eigenvalue weighted by Crippen LogP contribution is 2.19. The Balaban J connectivity index is 2.16. The summed E-state index contributed by atoms with van der Waals surface area (Å²) in [5.74, 6) is 1.49. The second kappa shape index (κ2) is 4.10. The molecule has 1 aromatic carbocycles. The van der Waals surface area contributed by atoms with Gasteiger partial charge in [-0.05, 0) is 37.7 Å². The summed E-state index contributed by atoms with van der Waals surface area (Å²) in [4.78, 5) is 7.42. The highest BCUT2D eigenvalue weighted by atomic mass is 32.1. The Morgan fingerprint density at radius 1 is 1.39 bits per heavy atom. The number of nitrogens with one attached hydrogen (secondary N) is 1. The van der Waals surface area contributed by atoms with E-state index < -0.39 is 0 Å². The van der Waals surface area contributed by atoms with Crippen LogP contribution in [0, 0.1) is 18.6 Å². The monoisotopic (exact) mass is 259 g/mol. The van der Waals surface area contributed by atoms with Gasteiger partial charge in [-0.25, -0.2) is 4.98 Å². The fourth-order valence-electron chi connectivity index (χ4n) is 2.16.